The summed E-state index contributed by atoms with van der Waals surface area (Å²) >= 11 is 0. The van der Waals surface area contributed by atoms with Crippen LogP contribution in [0.2, 0.25) is 0 Å². The Morgan fingerprint density at radius 3 is 2.62 bits per heavy atom. The lowest BCUT2D eigenvalue weighted by molar-refractivity contribution is -0.111. The quantitative estimate of drug-likeness (QED) is 0.624. The molecule has 0 radical (unpaired) electrons. The van der Waals surface area contributed by atoms with Crippen LogP contribution in [0.1, 0.15) is 22.8 Å². The number of alkyl halides is 2. The van der Waals surface area contributed by atoms with Crippen LogP contribution >= 0.6 is 0 Å². The summed E-state index contributed by atoms with van der Waals surface area (Å²) in [5, 5.41) is 2.72. The molecule has 3 rings (SSSR count). The highest BCUT2D eigenvalue weighted by Gasteiger charge is 2.21. The van der Waals surface area contributed by atoms with Gasteiger partial charge in [-0.2, -0.15) is 8.78 Å². The van der Waals surface area contributed by atoms with Crippen molar-refractivity contribution >= 4 is 23.6 Å². The van der Waals surface area contributed by atoms with Crippen molar-refractivity contribution < 1.29 is 32.6 Å². The van der Waals surface area contributed by atoms with E-state index in [0.29, 0.717) is 43.1 Å². The number of para-hydroxylation sites is 1. The smallest absolute Gasteiger partial charge is 0.387 e. The van der Waals surface area contributed by atoms with Gasteiger partial charge in [0, 0.05) is 19.2 Å². The summed E-state index contributed by atoms with van der Waals surface area (Å²) in [6, 6.07) is 11.2. The largest absolute Gasteiger partial charge is 0.490 e. The molecule has 1 saturated heterocycles. The number of benzene rings is 2. The highest BCUT2D eigenvalue weighted by atomic mass is 19.3. The van der Waals surface area contributed by atoms with Gasteiger partial charge in [-0.05, 0) is 42.8 Å². The van der Waals surface area contributed by atoms with Crippen molar-refractivity contribution in [1.29, 1.82) is 0 Å². The average molecular weight is 446 g/mol. The predicted molar refractivity (Wildman–Crippen MR) is 115 cm³/mol. The molecule has 170 valence electrons. The molecule has 2 aromatic rings. The fraction of sp³-hybridized carbons (Fsp3) is 0.304. The number of amides is 2. The molecule has 7 nitrogen and oxygen atoms in total. The zero-order chi connectivity index (χ0) is 22.9. The van der Waals surface area contributed by atoms with E-state index < -0.39 is 12.5 Å². The molecule has 2 aromatic carbocycles. The lowest BCUT2D eigenvalue weighted by Gasteiger charge is -2.27. The van der Waals surface area contributed by atoms with E-state index in [-0.39, 0.29) is 24.0 Å². The minimum absolute atomic E-state index is 0.0843. The van der Waals surface area contributed by atoms with Crippen LogP contribution in [-0.4, -0.2) is 56.2 Å². The highest BCUT2D eigenvalue weighted by Crippen LogP contribution is 2.30. The molecule has 1 aliphatic heterocycles. The van der Waals surface area contributed by atoms with Gasteiger partial charge in [0.05, 0.1) is 31.1 Å². The lowest BCUT2D eigenvalue weighted by atomic mass is 10.1. The predicted octanol–water partition coefficient (Wildman–Crippen LogP) is 3.81. The lowest BCUT2D eigenvalue weighted by Crippen LogP contribution is -2.41. The van der Waals surface area contributed by atoms with E-state index in [2.05, 4.69) is 10.1 Å². The van der Waals surface area contributed by atoms with Crippen LogP contribution in [0.25, 0.3) is 6.08 Å². The van der Waals surface area contributed by atoms with Gasteiger partial charge in [0.25, 0.3) is 5.91 Å². The molecule has 1 heterocycles. The van der Waals surface area contributed by atoms with Crippen molar-refractivity contribution in [1.82, 2.24) is 4.90 Å². The SMILES string of the molecule is CCOc1cc(/C=C/C(=O)Nc2ccccc2C(=O)N2CCOCC2)ccc1OC(F)F. The molecule has 0 bridgehead atoms. The second-order valence-corrected chi connectivity index (χ2v) is 6.79. The van der Waals surface area contributed by atoms with Gasteiger partial charge in [-0.3, -0.25) is 9.59 Å². The summed E-state index contributed by atoms with van der Waals surface area (Å²) in [4.78, 5) is 27.0. The van der Waals surface area contributed by atoms with Gasteiger partial charge in [-0.1, -0.05) is 18.2 Å². The van der Waals surface area contributed by atoms with Gasteiger partial charge < -0.3 is 24.4 Å². The first-order valence-corrected chi connectivity index (χ1v) is 10.1. The molecule has 2 amide bonds. The first kappa shape index (κ1) is 23.2. The van der Waals surface area contributed by atoms with Crippen molar-refractivity contribution in [2.24, 2.45) is 0 Å². The van der Waals surface area contributed by atoms with E-state index in [1.54, 1.807) is 36.1 Å². The molecule has 0 aromatic heterocycles. The molecular weight excluding hydrogens is 422 g/mol. The van der Waals surface area contributed by atoms with Crippen molar-refractivity contribution in [2.75, 3.05) is 38.2 Å². The van der Waals surface area contributed by atoms with Crippen LogP contribution in [0, 0.1) is 0 Å². The third kappa shape index (κ3) is 6.27. The van der Waals surface area contributed by atoms with Crippen molar-refractivity contribution in [2.45, 2.75) is 13.5 Å². The minimum atomic E-state index is -2.97. The number of nitrogens with zero attached hydrogens (tertiary/aromatic N) is 1. The molecule has 0 atom stereocenters. The molecular formula is C23H24F2N2O5. The van der Waals surface area contributed by atoms with Gasteiger partial charge in [-0.25, -0.2) is 0 Å². The zero-order valence-electron chi connectivity index (χ0n) is 17.6. The standard InChI is InChI=1S/C23H24F2N2O5/c1-2-31-20-15-16(7-9-19(20)32-23(24)25)8-10-21(28)26-18-6-4-3-5-17(18)22(29)27-11-13-30-14-12-27/h3-10,15,23H,2,11-14H2,1H3,(H,26,28)/b10-8+. The Kier molecular flexibility index (Phi) is 8.15. The molecule has 0 saturated carbocycles. The monoisotopic (exact) mass is 446 g/mol. The number of carbonyl (C=O) groups is 2. The summed E-state index contributed by atoms with van der Waals surface area (Å²) in [7, 11) is 0. The van der Waals surface area contributed by atoms with Gasteiger partial charge in [0.2, 0.25) is 5.91 Å². The van der Waals surface area contributed by atoms with E-state index in [4.69, 9.17) is 9.47 Å². The topological polar surface area (TPSA) is 77.1 Å². The second kappa shape index (κ2) is 11.2. The summed E-state index contributed by atoms with van der Waals surface area (Å²) < 4.78 is 40.1. The molecule has 0 aliphatic carbocycles. The summed E-state index contributed by atoms with van der Waals surface area (Å²) in [5.41, 5.74) is 1.35. The Labute approximate surface area is 184 Å². The van der Waals surface area contributed by atoms with Crippen LogP contribution in [0.4, 0.5) is 14.5 Å². The van der Waals surface area contributed by atoms with E-state index in [9.17, 15) is 18.4 Å². The normalized spacial score (nSPS) is 13.9. The third-order valence-corrected chi connectivity index (χ3v) is 4.62. The van der Waals surface area contributed by atoms with Crippen LogP contribution in [0.5, 0.6) is 11.5 Å². The second-order valence-electron chi connectivity index (χ2n) is 6.79. The number of anilines is 1. The van der Waals surface area contributed by atoms with Crippen molar-refractivity contribution in [3.05, 3.63) is 59.7 Å². The molecule has 0 spiro atoms. The van der Waals surface area contributed by atoms with Gasteiger partial charge in [-0.15, -0.1) is 0 Å². The Bertz CT molecular complexity index is 975. The number of morpholine rings is 1. The number of halogens is 2. The Morgan fingerprint density at radius 2 is 1.91 bits per heavy atom. The van der Waals surface area contributed by atoms with Crippen LogP contribution < -0.4 is 14.8 Å². The average Bonchev–Trinajstić information content (AvgIpc) is 2.79. The van der Waals surface area contributed by atoms with Gasteiger partial charge in [0.1, 0.15) is 0 Å². The van der Waals surface area contributed by atoms with Crippen molar-refractivity contribution in [3.8, 4) is 11.5 Å². The number of nitrogens with one attached hydrogen (secondary N) is 1. The summed E-state index contributed by atoms with van der Waals surface area (Å²) in [6.07, 6.45) is 2.80. The number of carbonyl (C=O) groups excluding carboxylic acids is 2. The molecule has 32 heavy (non-hydrogen) atoms. The first-order valence-electron chi connectivity index (χ1n) is 10.1. The minimum Gasteiger partial charge on any atom is -0.490 e. The fourth-order valence-electron chi connectivity index (χ4n) is 3.15. The van der Waals surface area contributed by atoms with Crippen LogP contribution in [0.3, 0.4) is 0 Å². The maximum Gasteiger partial charge on any atom is 0.387 e. The van der Waals surface area contributed by atoms with Crippen LogP contribution in [-0.2, 0) is 9.53 Å². The summed E-state index contributed by atoms with van der Waals surface area (Å²) in [5.74, 6) is -0.557. The van der Waals surface area contributed by atoms with E-state index in [1.165, 1.54) is 30.4 Å². The highest BCUT2D eigenvalue weighted by molar-refractivity contribution is 6.07. The van der Waals surface area contributed by atoms with Gasteiger partial charge >= 0.3 is 6.61 Å². The number of hydrogen-bond donors (Lipinski definition) is 1. The molecule has 1 aliphatic rings. The Hall–Kier alpha value is -3.46. The third-order valence-electron chi connectivity index (χ3n) is 4.62. The zero-order valence-corrected chi connectivity index (χ0v) is 17.6. The van der Waals surface area contributed by atoms with E-state index >= 15 is 0 Å². The molecule has 9 heteroatoms. The molecule has 1 N–H and O–H groups in total. The van der Waals surface area contributed by atoms with Crippen molar-refractivity contribution in [3.63, 3.8) is 0 Å². The fourth-order valence-corrected chi connectivity index (χ4v) is 3.15. The number of hydrogen-bond acceptors (Lipinski definition) is 5. The first-order chi connectivity index (χ1) is 15.5. The number of ether oxygens (including phenoxy) is 3. The van der Waals surface area contributed by atoms with E-state index in [1.807, 2.05) is 0 Å². The Morgan fingerprint density at radius 1 is 1.16 bits per heavy atom. The number of rotatable bonds is 8. The van der Waals surface area contributed by atoms with E-state index in [0.717, 1.165) is 0 Å². The van der Waals surface area contributed by atoms with Crippen LogP contribution in [0.15, 0.2) is 48.5 Å². The maximum absolute atomic E-state index is 12.8. The molecule has 1 fully saturated rings. The Balaban J connectivity index is 1.71. The van der Waals surface area contributed by atoms with Gasteiger partial charge in [0.15, 0.2) is 11.5 Å². The maximum atomic E-state index is 12.8. The molecule has 0 unspecified atom stereocenters. The summed E-state index contributed by atoms with van der Waals surface area (Å²) in [6.45, 7) is 0.963.